The third-order valence-corrected chi connectivity index (χ3v) is 3.28. The highest BCUT2D eigenvalue weighted by Crippen LogP contribution is 2.24. The molecule has 0 bridgehead atoms. The normalized spacial score (nSPS) is 10.8. The zero-order valence-corrected chi connectivity index (χ0v) is 11.9. The Morgan fingerprint density at radius 1 is 1.32 bits per heavy atom. The lowest BCUT2D eigenvalue weighted by atomic mass is 10.2. The Kier molecular flexibility index (Phi) is 3.42. The quantitative estimate of drug-likeness (QED) is 0.773. The van der Waals surface area contributed by atoms with Gasteiger partial charge in [0.2, 0.25) is 0 Å². The number of aromatic hydroxyl groups is 1. The Bertz CT molecular complexity index is 854. The second-order valence-corrected chi connectivity index (χ2v) is 4.90. The van der Waals surface area contributed by atoms with Gasteiger partial charge < -0.3 is 14.9 Å². The maximum atomic E-state index is 11.3. The van der Waals surface area contributed by atoms with Gasteiger partial charge in [0.1, 0.15) is 23.6 Å². The van der Waals surface area contributed by atoms with Crippen molar-refractivity contribution in [2.45, 2.75) is 13.5 Å². The van der Waals surface area contributed by atoms with Crippen molar-refractivity contribution in [3.05, 3.63) is 59.7 Å². The van der Waals surface area contributed by atoms with Crippen LogP contribution in [0.4, 0.5) is 0 Å². The molecule has 0 aliphatic carbocycles. The summed E-state index contributed by atoms with van der Waals surface area (Å²) in [5.74, 6) is -0.242. The van der Waals surface area contributed by atoms with Crippen molar-refractivity contribution < 1.29 is 19.7 Å². The minimum absolute atomic E-state index is 0.0986. The van der Waals surface area contributed by atoms with Gasteiger partial charge in [-0.2, -0.15) is 0 Å². The van der Waals surface area contributed by atoms with Crippen LogP contribution in [0.1, 0.15) is 21.9 Å². The Morgan fingerprint density at radius 2 is 2.14 bits per heavy atom. The monoisotopic (exact) mass is 298 g/mol. The number of nitrogens with zero attached hydrogens (tertiary/aromatic N) is 2. The van der Waals surface area contributed by atoms with Crippen LogP contribution in [-0.2, 0) is 6.61 Å². The second kappa shape index (κ2) is 5.40. The molecule has 3 rings (SSSR count). The molecule has 0 aliphatic heterocycles. The molecule has 0 spiro atoms. The van der Waals surface area contributed by atoms with Crippen molar-refractivity contribution in [1.82, 2.24) is 9.38 Å². The topological polar surface area (TPSA) is 84.1 Å². The highest BCUT2D eigenvalue weighted by atomic mass is 16.5. The molecule has 0 amide bonds. The fourth-order valence-corrected chi connectivity index (χ4v) is 2.29. The van der Waals surface area contributed by atoms with Crippen molar-refractivity contribution in [3.63, 3.8) is 0 Å². The first-order valence-corrected chi connectivity index (χ1v) is 6.68. The summed E-state index contributed by atoms with van der Waals surface area (Å²) >= 11 is 0. The van der Waals surface area contributed by atoms with Crippen molar-refractivity contribution >= 4 is 11.5 Å². The number of hydrogen-bond donors (Lipinski definition) is 2. The zero-order chi connectivity index (χ0) is 15.7. The smallest absolute Gasteiger partial charge is 0.356 e. The summed E-state index contributed by atoms with van der Waals surface area (Å²) in [6.07, 6.45) is 1.64. The Morgan fingerprint density at radius 3 is 2.86 bits per heavy atom. The van der Waals surface area contributed by atoms with Crippen LogP contribution in [0.15, 0.2) is 42.6 Å². The van der Waals surface area contributed by atoms with Gasteiger partial charge in [0.25, 0.3) is 0 Å². The van der Waals surface area contributed by atoms with E-state index in [9.17, 15) is 15.0 Å². The van der Waals surface area contributed by atoms with Gasteiger partial charge >= 0.3 is 5.97 Å². The maximum Gasteiger partial charge on any atom is 0.356 e. The van der Waals surface area contributed by atoms with Gasteiger partial charge in [-0.15, -0.1) is 0 Å². The number of aromatic carboxylic acids is 1. The van der Waals surface area contributed by atoms with Crippen LogP contribution in [0.2, 0.25) is 0 Å². The third kappa shape index (κ3) is 2.46. The van der Waals surface area contributed by atoms with Crippen LogP contribution in [0.25, 0.3) is 5.52 Å². The summed E-state index contributed by atoms with van der Waals surface area (Å²) in [6, 6.07) is 10.6. The number of aromatic nitrogens is 2. The fourth-order valence-electron chi connectivity index (χ4n) is 2.29. The van der Waals surface area contributed by atoms with Gasteiger partial charge in [-0.3, -0.25) is 4.40 Å². The van der Waals surface area contributed by atoms with Crippen LogP contribution in [0.3, 0.4) is 0 Å². The SMILES string of the molecule is Cc1cccc(OCc2nc(C(=O)O)c3c(O)cccn23)c1. The molecule has 1 aromatic carbocycles. The number of aryl methyl sites for hydroxylation is 1. The first kappa shape index (κ1) is 13.9. The lowest BCUT2D eigenvalue weighted by Crippen LogP contribution is -2.01. The predicted molar refractivity (Wildman–Crippen MR) is 79.3 cm³/mol. The molecule has 3 aromatic rings. The van der Waals surface area contributed by atoms with Gasteiger partial charge in [0, 0.05) is 6.20 Å². The molecule has 6 heteroatoms. The lowest BCUT2D eigenvalue weighted by molar-refractivity contribution is 0.0692. The molecule has 2 heterocycles. The molecule has 0 saturated carbocycles. The van der Waals surface area contributed by atoms with E-state index in [1.807, 2.05) is 31.2 Å². The summed E-state index contributed by atoms with van der Waals surface area (Å²) in [5.41, 5.74) is 1.04. The maximum absolute atomic E-state index is 11.3. The van der Waals surface area contributed by atoms with E-state index in [1.165, 1.54) is 10.5 Å². The number of carboxylic acids is 1. The standard InChI is InChI=1S/C16H14N2O4/c1-10-4-2-5-11(8-10)22-9-13-17-14(16(20)21)15-12(19)6-3-7-18(13)15/h2-8,19H,9H2,1H3,(H,20,21). The molecule has 0 saturated heterocycles. The summed E-state index contributed by atoms with van der Waals surface area (Å²) < 4.78 is 7.18. The molecule has 0 fully saturated rings. The van der Waals surface area contributed by atoms with Crippen molar-refractivity contribution in [2.75, 3.05) is 0 Å². The summed E-state index contributed by atoms with van der Waals surface area (Å²) in [7, 11) is 0. The van der Waals surface area contributed by atoms with E-state index in [0.29, 0.717) is 11.6 Å². The van der Waals surface area contributed by atoms with Gasteiger partial charge in [-0.05, 0) is 36.8 Å². The second-order valence-electron chi connectivity index (χ2n) is 4.90. The molecule has 2 aromatic heterocycles. The van der Waals surface area contributed by atoms with E-state index in [1.54, 1.807) is 12.3 Å². The molecule has 22 heavy (non-hydrogen) atoms. The first-order valence-electron chi connectivity index (χ1n) is 6.68. The van der Waals surface area contributed by atoms with Crippen LogP contribution in [0.5, 0.6) is 11.5 Å². The molecule has 2 N–H and O–H groups in total. The number of hydrogen-bond acceptors (Lipinski definition) is 4. The van der Waals surface area contributed by atoms with Crippen LogP contribution in [0, 0.1) is 6.92 Å². The van der Waals surface area contributed by atoms with E-state index in [4.69, 9.17) is 4.74 Å². The number of fused-ring (bicyclic) bond motifs is 1. The Hall–Kier alpha value is -3.02. The molecule has 6 nitrogen and oxygen atoms in total. The third-order valence-electron chi connectivity index (χ3n) is 3.28. The molecule has 0 unspecified atom stereocenters. The number of ether oxygens (including phenoxy) is 1. The first-order chi connectivity index (χ1) is 10.6. The van der Waals surface area contributed by atoms with Gasteiger partial charge in [0.15, 0.2) is 11.5 Å². The van der Waals surface area contributed by atoms with E-state index in [0.717, 1.165) is 5.56 Å². The number of pyridine rings is 1. The molecule has 0 aliphatic rings. The minimum Gasteiger partial charge on any atom is -0.506 e. The highest BCUT2D eigenvalue weighted by Gasteiger charge is 2.19. The molecule has 0 atom stereocenters. The highest BCUT2D eigenvalue weighted by molar-refractivity contribution is 5.95. The van der Waals surface area contributed by atoms with E-state index in [2.05, 4.69) is 4.98 Å². The van der Waals surface area contributed by atoms with E-state index in [-0.39, 0.29) is 23.6 Å². The van der Waals surface area contributed by atoms with E-state index >= 15 is 0 Å². The molecular weight excluding hydrogens is 284 g/mol. The summed E-state index contributed by atoms with van der Waals surface area (Å²) in [6.45, 7) is 2.06. The molecule has 0 radical (unpaired) electrons. The fraction of sp³-hybridized carbons (Fsp3) is 0.125. The number of benzene rings is 1. The van der Waals surface area contributed by atoms with Gasteiger partial charge in [-0.25, -0.2) is 9.78 Å². The van der Waals surface area contributed by atoms with Crippen LogP contribution in [-0.4, -0.2) is 25.6 Å². The predicted octanol–water partition coefficient (Wildman–Crippen LogP) is 2.63. The lowest BCUT2D eigenvalue weighted by Gasteiger charge is -2.06. The largest absolute Gasteiger partial charge is 0.506 e. The number of imidazole rings is 1. The summed E-state index contributed by atoms with van der Waals surface area (Å²) in [4.78, 5) is 15.3. The zero-order valence-electron chi connectivity index (χ0n) is 11.9. The molecule has 112 valence electrons. The molecular formula is C16H14N2O4. The summed E-state index contributed by atoms with van der Waals surface area (Å²) in [5, 5.41) is 19.1. The van der Waals surface area contributed by atoms with Crippen LogP contribution < -0.4 is 4.74 Å². The van der Waals surface area contributed by atoms with E-state index < -0.39 is 5.97 Å². The number of carboxylic acid groups (broad SMARTS) is 1. The average Bonchev–Trinajstić information content (AvgIpc) is 2.86. The average molecular weight is 298 g/mol. The number of rotatable bonds is 4. The van der Waals surface area contributed by atoms with Gasteiger partial charge in [0.05, 0.1) is 0 Å². The Balaban J connectivity index is 1.97. The minimum atomic E-state index is -1.19. The number of carbonyl (C=O) groups is 1. The van der Waals surface area contributed by atoms with Crippen molar-refractivity contribution in [3.8, 4) is 11.5 Å². The van der Waals surface area contributed by atoms with Gasteiger partial charge in [-0.1, -0.05) is 12.1 Å². The van der Waals surface area contributed by atoms with Crippen molar-refractivity contribution in [2.24, 2.45) is 0 Å². The van der Waals surface area contributed by atoms with Crippen LogP contribution >= 0.6 is 0 Å². The van der Waals surface area contributed by atoms with Crippen molar-refractivity contribution in [1.29, 1.82) is 0 Å². The Labute approximate surface area is 126 Å².